The molecule has 2 heterocycles. The number of nitrogens with one attached hydrogen (secondary N) is 1. The molecule has 6 atom stereocenters. The van der Waals surface area contributed by atoms with Crippen molar-refractivity contribution < 1.29 is 28.2 Å². The Bertz CT molecular complexity index is 1510. The largest absolute Gasteiger partial charge is 0.490 e. The topological polar surface area (TPSA) is 116 Å². The smallest absolute Gasteiger partial charge is 0.264 e. The first kappa shape index (κ1) is 30.4. The summed E-state index contributed by atoms with van der Waals surface area (Å²) in [5, 5.41) is 20.9. The first-order valence-electron chi connectivity index (χ1n) is 15.4. The van der Waals surface area contributed by atoms with Gasteiger partial charge in [-0.15, -0.1) is 0 Å². The number of hydrogen-bond acceptors (Lipinski definition) is 7. The molecule has 0 aromatic heterocycles. The van der Waals surface area contributed by atoms with Crippen LogP contribution in [0, 0.1) is 11.8 Å². The number of nitrogens with zero attached hydrogens (tertiary/aromatic N) is 1. The number of halogens is 1. The highest BCUT2D eigenvalue weighted by molar-refractivity contribution is 7.90. The molecule has 6 rings (SSSR count). The molecule has 43 heavy (non-hydrogen) atoms. The molecular weight excluding hydrogens is 588 g/mol. The molecule has 1 fully saturated rings. The Balaban J connectivity index is 1.41. The van der Waals surface area contributed by atoms with Gasteiger partial charge < -0.3 is 19.8 Å². The van der Waals surface area contributed by atoms with Crippen LogP contribution < -0.4 is 14.4 Å². The molecule has 0 unspecified atom stereocenters. The Hall–Kier alpha value is -2.59. The molecular formula is C33H41ClN2O6S. The van der Waals surface area contributed by atoms with Crippen molar-refractivity contribution in [3.63, 3.8) is 0 Å². The minimum absolute atomic E-state index is 0.00425. The Labute approximate surface area is 259 Å². The van der Waals surface area contributed by atoms with Crippen LogP contribution in [-0.4, -0.2) is 61.7 Å². The molecule has 2 aliphatic heterocycles. The summed E-state index contributed by atoms with van der Waals surface area (Å²) >= 11 is 6.38. The molecule has 2 bridgehead atoms. The SMILES string of the molecule is C[C@H](O)C[C@@H]1CC/C=C\[C@H](O)[C@@H]2CC[C@H]2CN2C[C@@]3(CCCc4cc(Cl)ccc43)COc3ccc(cc32)C(=O)NS1(=O)=O. The zero-order chi connectivity index (χ0) is 30.4. The Morgan fingerprint density at radius 3 is 2.79 bits per heavy atom. The summed E-state index contributed by atoms with van der Waals surface area (Å²) in [4.78, 5) is 15.7. The van der Waals surface area contributed by atoms with E-state index in [0.29, 0.717) is 31.9 Å². The minimum Gasteiger partial charge on any atom is -0.490 e. The predicted molar refractivity (Wildman–Crippen MR) is 167 cm³/mol. The van der Waals surface area contributed by atoms with E-state index in [1.54, 1.807) is 31.2 Å². The average molecular weight is 629 g/mol. The number of carbonyl (C=O) groups excluding carboxylic acids is 1. The van der Waals surface area contributed by atoms with Crippen molar-refractivity contribution in [1.82, 2.24) is 4.72 Å². The van der Waals surface area contributed by atoms with Crippen LogP contribution in [0.3, 0.4) is 0 Å². The van der Waals surface area contributed by atoms with Gasteiger partial charge in [0.1, 0.15) is 5.75 Å². The van der Waals surface area contributed by atoms with Gasteiger partial charge in [-0.05, 0) is 112 Å². The summed E-state index contributed by atoms with van der Waals surface area (Å²) in [6.07, 6.45) is 7.62. The zero-order valence-electron chi connectivity index (χ0n) is 24.5. The number of fused-ring (bicyclic) bond motifs is 4. The van der Waals surface area contributed by atoms with Gasteiger partial charge >= 0.3 is 0 Å². The third-order valence-electron chi connectivity index (χ3n) is 9.94. The lowest BCUT2D eigenvalue weighted by Crippen LogP contribution is -2.49. The van der Waals surface area contributed by atoms with E-state index in [-0.39, 0.29) is 35.7 Å². The van der Waals surface area contributed by atoms with Crippen molar-refractivity contribution in [2.24, 2.45) is 11.8 Å². The van der Waals surface area contributed by atoms with E-state index in [2.05, 4.69) is 21.8 Å². The highest BCUT2D eigenvalue weighted by Gasteiger charge is 2.44. The summed E-state index contributed by atoms with van der Waals surface area (Å²) < 4.78 is 35.5. The molecule has 2 aromatic carbocycles. The predicted octanol–water partition coefficient (Wildman–Crippen LogP) is 4.75. The van der Waals surface area contributed by atoms with E-state index in [1.165, 1.54) is 11.1 Å². The molecule has 4 aliphatic rings. The molecule has 0 saturated heterocycles. The summed E-state index contributed by atoms with van der Waals surface area (Å²) in [6.45, 7) is 3.38. The summed E-state index contributed by atoms with van der Waals surface area (Å²) in [7, 11) is -4.08. The van der Waals surface area contributed by atoms with Gasteiger partial charge in [0.15, 0.2) is 0 Å². The van der Waals surface area contributed by atoms with Crippen LogP contribution in [0.2, 0.25) is 5.02 Å². The Morgan fingerprint density at radius 1 is 1.19 bits per heavy atom. The Kier molecular flexibility index (Phi) is 8.54. The highest BCUT2D eigenvalue weighted by Crippen LogP contribution is 2.46. The van der Waals surface area contributed by atoms with Gasteiger partial charge in [0, 0.05) is 29.1 Å². The standard InChI is InChI=1S/C33H41ClN2O6S/c1-21(37)15-26-6-2-3-7-30(38)27-11-8-24(27)18-36-19-33(14-4-5-22-16-25(34)10-12-28(22)33)20-42-31-13-9-23(17-29(31)36)32(39)35-43(26,40)41/h3,7,9-10,12-13,16-17,21,24,26-27,30,37-38H,2,4-6,8,11,14-15,18-20H2,1H3,(H,35,39)/b7-3-/t21-,24-,26-,27+,30-,33-/m0/s1. The molecule has 232 valence electrons. The second-order valence-electron chi connectivity index (χ2n) is 13.0. The molecule has 2 aromatic rings. The Morgan fingerprint density at radius 2 is 2.02 bits per heavy atom. The van der Waals surface area contributed by atoms with Gasteiger partial charge in [-0.2, -0.15) is 0 Å². The van der Waals surface area contributed by atoms with E-state index >= 15 is 0 Å². The normalized spacial score (nSPS) is 31.8. The second-order valence-corrected chi connectivity index (χ2v) is 15.4. The third-order valence-corrected chi connectivity index (χ3v) is 11.9. The summed E-state index contributed by atoms with van der Waals surface area (Å²) in [6, 6.07) is 11.2. The fourth-order valence-corrected chi connectivity index (χ4v) is 9.24. The number of rotatable bonds is 2. The van der Waals surface area contributed by atoms with Crippen LogP contribution in [0.15, 0.2) is 48.6 Å². The summed E-state index contributed by atoms with van der Waals surface area (Å²) in [5.74, 6) is 0.301. The van der Waals surface area contributed by atoms with Gasteiger partial charge in [0.05, 0.1) is 29.8 Å². The van der Waals surface area contributed by atoms with E-state index < -0.39 is 33.4 Å². The van der Waals surface area contributed by atoms with Crippen molar-refractivity contribution in [3.05, 3.63) is 70.3 Å². The molecule has 2 aliphatic carbocycles. The lowest BCUT2D eigenvalue weighted by Gasteiger charge is -2.45. The maximum absolute atomic E-state index is 13.4. The van der Waals surface area contributed by atoms with Crippen molar-refractivity contribution in [2.75, 3.05) is 24.6 Å². The lowest BCUT2D eigenvalue weighted by atomic mass is 9.68. The fourth-order valence-electron chi connectivity index (χ4n) is 7.52. The fraction of sp³-hybridized carbons (Fsp3) is 0.545. The van der Waals surface area contributed by atoms with E-state index in [1.807, 2.05) is 12.1 Å². The number of aryl methyl sites for hydroxylation is 1. The number of amides is 1. The van der Waals surface area contributed by atoms with Crippen LogP contribution in [0.5, 0.6) is 5.75 Å². The van der Waals surface area contributed by atoms with E-state index in [9.17, 15) is 23.4 Å². The summed E-state index contributed by atoms with van der Waals surface area (Å²) in [5.41, 5.74) is 3.18. The lowest BCUT2D eigenvalue weighted by molar-refractivity contribution is 0.0456. The number of ether oxygens (including phenoxy) is 1. The number of aliphatic hydroxyl groups is 2. The van der Waals surface area contributed by atoms with E-state index in [4.69, 9.17) is 16.3 Å². The number of benzene rings is 2. The first-order valence-corrected chi connectivity index (χ1v) is 17.4. The van der Waals surface area contributed by atoms with Crippen molar-refractivity contribution in [3.8, 4) is 5.75 Å². The zero-order valence-corrected chi connectivity index (χ0v) is 26.1. The number of sulfonamides is 1. The van der Waals surface area contributed by atoms with Gasteiger partial charge in [-0.1, -0.05) is 29.8 Å². The second kappa shape index (κ2) is 12.1. The quantitative estimate of drug-likeness (QED) is 0.411. The van der Waals surface area contributed by atoms with Crippen LogP contribution in [-0.2, 0) is 21.9 Å². The van der Waals surface area contributed by atoms with Crippen molar-refractivity contribution >= 4 is 33.2 Å². The minimum atomic E-state index is -4.08. The first-order chi connectivity index (χ1) is 20.5. The average Bonchev–Trinajstić information content (AvgIpc) is 3.08. The molecule has 10 heteroatoms. The van der Waals surface area contributed by atoms with E-state index in [0.717, 1.165) is 42.8 Å². The van der Waals surface area contributed by atoms with Crippen LogP contribution in [0.4, 0.5) is 5.69 Å². The number of hydrogen-bond donors (Lipinski definition) is 3. The van der Waals surface area contributed by atoms with Gasteiger partial charge in [0.2, 0.25) is 10.0 Å². The van der Waals surface area contributed by atoms with Crippen LogP contribution in [0.1, 0.15) is 73.4 Å². The van der Waals surface area contributed by atoms with Crippen molar-refractivity contribution in [2.45, 2.75) is 81.2 Å². The molecule has 0 radical (unpaired) electrons. The molecule has 1 spiro atoms. The molecule has 3 N–H and O–H groups in total. The molecule has 1 saturated carbocycles. The maximum Gasteiger partial charge on any atom is 0.264 e. The van der Waals surface area contributed by atoms with Crippen LogP contribution in [0.25, 0.3) is 0 Å². The third kappa shape index (κ3) is 6.19. The number of anilines is 1. The molecule has 8 nitrogen and oxygen atoms in total. The number of aliphatic hydroxyl groups excluding tert-OH is 2. The number of allylic oxidation sites excluding steroid dienone is 1. The maximum atomic E-state index is 13.4. The van der Waals surface area contributed by atoms with Crippen molar-refractivity contribution in [1.29, 1.82) is 0 Å². The molecule has 1 amide bonds. The highest BCUT2D eigenvalue weighted by atomic mass is 35.5. The monoisotopic (exact) mass is 628 g/mol. The van der Waals surface area contributed by atoms with Gasteiger partial charge in [-0.25, -0.2) is 13.1 Å². The van der Waals surface area contributed by atoms with Gasteiger partial charge in [-0.3, -0.25) is 4.79 Å². The van der Waals surface area contributed by atoms with Gasteiger partial charge in [0.25, 0.3) is 5.91 Å². The number of carbonyl (C=O) groups is 1. The van der Waals surface area contributed by atoms with Crippen LogP contribution >= 0.6 is 11.6 Å².